The summed E-state index contributed by atoms with van der Waals surface area (Å²) in [5.41, 5.74) is 0. The van der Waals surface area contributed by atoms with Gasteiger partial charge in [0.05, 0.1) is 19.8 Å². The molecule has 0 bridgehead atoms. The van der Waals surface area contributed by atoms with Crippen LogP contribution in [0.25, 0.3) is 0 Å². The van der Waals surface area contributed by atoms with E-state index in [9.17, 15) is 13.2 Å². The van der Waals surface area contributed by atoms with Gasteiger partial charge >= 0.3 is 6.18 Å². The van der Waals surface area contributed by atoms with E-state index < -0.39 is 24.5 Å². The number of alkyl halides is 3. The van der Waals surface area contributed by atoms with E-state index in [2.05, 4.69) is 0 Å². The van der Waals surface area contributed by atoms with Crippen molar-refractivity contribution in [2.75, 3.05) is 19.8 Å². The lowest BCUT2D eigenvalue weighted by Gasteiger charge is -2.39. The number of hydrogen-bond donors (Lipinski definition) is 0. The lowest BCUT2D eigenvalue weighted by atomic mass is 9.96. The van der Waals surface area contributed by atoms with Crippen LogP contribution >= 0.6 is 0 Å². The summed E-state index contributed by atoms with van der Waals surface area (Å²) in [7, 11) is 0. The Morgan fingerprint density at radius 3 is 1.40 bits per heavy atom. The number of unbranched alkanes of at least 4 members (excludes halogenated alkanes) is 3. The first kappa shape index (κ1) is 24.7. The normalized spacial score (nSPS) is 14.0. The van der Waals surface area contributed by atoms with Crippen molar-refractivity contribution in [3.63, 3.8) is 0 Å². The molecule has 0 fully saturated rings. The maximum atomic E-state index is 12.7. The Bertz CT molecular complexity index is 282. The van der Waals surface area contributed by atoms with Crippen molar-refractivity contribution in [2.45, 2.75) is 97.6 Å². The van der Waals surface area contributed by atoms with Crippen molar-refractivity contribution in [3.05, 3.63) is 0 Å². The molecule has 6 heteroatoms. The molecule has 0 aromatic rings. The van der Waals surface area contributed by atoms with Crippen LogP contribution < -0.4 is 0 Å². The standard InChI is InChI=1S/C19H37F3O3/c1-5-9-14-23-19(24-15-10-6-2,25-16-11-7-3)17(8-4)12-13-18(20,21)22/h17H,5-16H2,1-4H3. The molecule has 0 saturated carbocycles. The van der Waals surface area contributed by atoms with Crippen molar-refractivity contribution in [1.82, 2.24) is 0 Å². The molecule has 1 atom stereocenters. The summed E-state index contributed by atoms with van der Waals surface area (Å²) in [6.45, 7) is 9.28. The molecule has 0 N–H and O–H groups in total. The fraction of sp³-hybridized carbons (Fsp3) is 1.00. The van der Waals surface area contributed by atoms with E-state index in [0.29, 0.717) is 26.2 Å². The molecular formula is C19H37F3O3. The number of hydrogen-bond acceptors (Lipinski definition) is 3. The highest BCUT2D eigenvalue weighted by Crippen LogP contribution is 2.36. The first-order valence-electron chi connectivity index (χ1n) is 9.83. The maximum Gasteiger partial charge on any atom is 0.389 e. The van der Waals surface area contributed by atoms with Crippen LogP contribution in [0.15, 0.2) is 0 Å². The zero-order valence-corrected chi connectivity index (χ0v) is 16.4. The average Bonchev–Trinajstić information content (AvgIpc) is 2.55. The Balaban J connectivity index is 5.22. The molecule has 0 aliphatic rings. The van der Waals surface area contributed by atoms with Gasteiger partial charge in [-0.3, -0.25) is 0 Å². The minimum Gasteiger partial charge on any atom is -0.327 e. The summed E-state index contributed by atoms with van der Waals surface area (Å²) < 4.78 is 56.1. The fourth-order valence-corrected chi connectivity index (χ4v) is 2.52. The molecule has 0 amide bonds. The predicted octanol–water partition coefficient (Wildman–Crippen LogP) is 6.46. The second kappa shape index (κ2) is 13.8. The smallest absolute Gasteiger partial charge is 0.327 e. The van der Waals surface area contributed by atoms with Crippen LogP contribution in [-0.2, 0) is 14.2 Å². The zero-order chi connectivity index (χ0) is 19.2. The SMILES string of the molecule is CCCCOC(OCCCC)(OCCCC)C(CC)CCC(F)(F)F. The summed E-state index contributed by atoms with van der Waals surface area (Å²) in [6.07, 6.45) is 0.736. The Hall–Kier alpha value is -0.330. The molecule has 25 heavy (non-hydrogen) atoms. The van der Waals surface area contributed by atoms with Crippen LogP contribution in [0, 0.1) is 5.92 Å². The molecule has 0 rings (SSSR count). The summed E-state index contributed by atoms with van der Waals surface area (Å²) >= 11 is 0. The molecule has 0 aliphatic carbocycles. The van der Waals surface area contributed by atoms with Crippen molar-refractivity contribution >= 4 is 0 Å². The fourth-order valence-electron chi connectivity index (χ4n) is 2.52. The van der Waals surface area contributed by atoms with Gasteiger partial charge in [0.15, 0.2) is 0 Å². The number of ether oxygens (including phenoxy) is 3. The molecule has 0 spiro atoms. The average molecular weight is 370 g/mol. The van der Waals surface area contributed by atoms with E-state index in [-0.39, 0.29) is 6.42 Å². The summed E-state index contributed by atoms with van der Waals surface area (Å²) in [6, 6.07) is 0. The largest absolute Gasteiger partial charge is 0.389 e. The van der Waals surface area contributed by atoms with Crippen LogP contribution in [0.3, 0.4) is 0 Å². The van der Waals surface area contributed by atoms with E-state index in [1.165, 1.54) is 0 Å². The Labute approximate surface area is 151 Å². The second-order valence-corrected chi connectivity index (χ2v) is 6.47. The van der Waals surface area contributed by atoms with Crippen molar-refractivity contribution in [2.24, 2.45) is 5.92 Å². The lowest BCUT2D eigenvalue weighted by molar-refractivity contribution is -0.407. The predicted molar refractivity (Wildman–Crippen MR) is 94.4 cm³/mol. The zero-order valence-electron chi connectivity index (χ0n) is 16.4. The highest BCUT2D eigenvalue weighted by atomic mass is 19.4. The van der Waals surface area contributed by atoms with Gasteiger partial charge in [0.2, 0.25) is 0 Å². The van der Waals surface area contributed by atoms with E-state index in [0.717, 1.165) is 38.5 Å². The molecule has 3 nitrogen and oxygen atoms in total. The van der Waals surface area contributed by atoms with Crippen LogP contribution in [0.1, 0.15) is 85.5 Å². The first-order chi connectivity index (χ1) is 11.8. The van der Waals surface area contributed by atoms with Crippen molar-refractivity contribution in [3.8, 4) is 0 Å². The highest BCUT2D eigenvalue weighted by Gasteiger charge is 2.43. The number of rotatable bonds is 16. The summed E-state index contributed by atoms with van der Waals surface area (Å²) in [4.78, 5) is 0. The van der Waals surface area contributed by atoms with Gasteiger partial charge in [-0.25, -0.2) is 0 Å². The third kappa shape index (κ3) is 11.1. The molecule has 0 aromatic heterocycles. The second-order valence-electron chi connectivity index (χ2n) is 6.47. The van der Waals surface area contributed by atoms with Gasteiger partial charge in [-0.1, -0.05) is 47.0 Å². The Kier molecular flexibility index (Phi) is 13.6. The molecule has 0 radical (unpaired) electrons. The topological polar surface area (TPSA) is 27.7 Å². The third-order valence-electron chi connectivity index (χ3n) is 4.17. The maximum absolute atomic E-state index is 12.7. The van der Waals surface area contributed by atoms with E-state index in [1.807, 2.05) is 27.7 Å². The molecule has 0 saturated heterocycles. The summed E-state index contributed by atoms with van der Waals surface area (Å²) in [5.74, 6) is -1.81. The van der Waals surface area contributed by atoms with Crippen LogP contribution in [0.4, 0.5) is 13.2 Å². The van der Waals surface area contributed by atoms with E-state index in [4.69, 9.17) is 14.2 Å². The van der Waals surface area contributed by atoms with Crippen molar-refractivity contribution < 1.29 is 27.4 Å². The van der Waals surface area contributed by atoms with Crippen molar-refractivity contribution in [1.29, 1.82) is 0 Å². The lowest BCUT2D eigenvalue weighted by Crippen LogP contribution is -2.47. The molecular weight excluding hydrogens is 333 g/mol. The van der Waals surface area contributed by atoms with Gasteiger partial charge in [-0.2, -0.15) is 13.2 Å². The van der Waals surface area contributed by atoms with Gasteiger partial charge in [0, 0.05) is 12.3 Å². The minimum absolute atomic E-state index is 0.0512. The first-order valence-corrected chi connectivity index (χ1v) is 9.83. The molecule has 1 unspecified atom stereocenters. The molecule has 0 heterocycles. The van der Waals surface area contributed by atoms with E-state index >= 15 is 0 Å². The Morgan fingerprint density at radius 2 is 1.12 bits per heavy atom. The van der Waals surface area contributed by atoms with Crippen LogP contribution in [0.2, 0.25) is 0 Å². The van der Waals surface area contributed by atoms with Crippen LogP contribution in [-0.4, -0.2) is 32.0 Å². The van der Waals surface area contributed by atoms with E-state index in [1.54, 1.807) is 0 Å². The molecule has 0 aromatic carbocycles. The van der Waals surface area contributed by atoms with Gasteiger partial charge in [-0.05, 0) is 32.1 Å². The van der Waals surface area contributed by atoms with Gasteiger partial charge in [0.25, 0.3) is 5.97 Å². The molecule has 0 aliphatic heterocycles. The Morgan fingerprint density at radius 1 is 0.720 bits per heavy atom. The highest BCUT2D eigenvalue weighted by molar-refractivity contribution is 4.73. The van der Waals surface area contributed by atoms with Gasteiger partial charge in [-0.15, -0.1) is 0 Å². The monoisotopic (exact) mass is 370 g/mol. The minimum atomic E-state index is -4.19. The van der Waals surface area contributed by atoms with Crippen LogP contribution in [0.5, 0.6) is 0 Å². The third-order valence-corrected chi connectivity index (χ3v) is 4.17. The summed E-state index contributed by atoms with van der Waals surface area (Å²) in [5, 5.41) is 0. The number of halogens is 3. The quantitative estimate of drug-likeness (QED) is 0.230. The van der Waals surface area contributed by atoms with Gasteiger partial charge in [0.1, 0.15) is 0 Å². The molecule has 152 valence electrons. The van der Waals surface area contributed by atoms with Gasteiger partial charge < -0.3 is 14.2 Å².